The predicted molar refractivity (Wildman–Crippen MR) is 73.8 cm³/mol. The second kappa shape index (κ2) is 4.44. The highest BCUT2D eigenvalue weighted by atomic mass is 15.2. The Labute approximate surface area is 107 Å². The minimum Gasteiger partial charge on any atom is -0.366 e. The third-order valence-electron chi connectivity index (χ3n) is 3.19. The molecule has 0 bridgehead atoms. The van der Waals surface area contributed by atoms with Crippen molar-refractivity contribution in [3.05, 3.63) is 6.20 Å². The van der Waals surface area contributed by atoms with Gasteiger partial charge in [-0.2, -0.15) is 15.1 Å². The second-order valence-electron chi connectivity index (χ2n) is 5.51. The fourth-order valence-electron chi connectivity index (χ4n) is 1.48. The van der Waals surface area contributed by atoms with Crippen molar-refractivity contribution < 1.29 is 0 Å². The van der Waals surface area contributed by atoms with Gasteiger partial charge in [0.05, 0.1) is 11.6 Å². The number of aromatic nitrogens is 4. The van der Waals surface area contributed by atoms with Gasteiger partial charge < -0.3 is 10.6 Å². The number of nitrogens with one attached hydrogen (secondary N) is 3. The molecule has 0 aliphatic heterocycles. The van der Waals surface area contributed by atoms with Crippen LogP contribution in [0, 0.1) is 5.41 Å². The average Bonchev–Trinajstić information content (AvgIpc) is 2.75. The van der Waals surface area contributed by atoms with Gasteiger partial charge in [0, 0.05) is 13.1 Å². The van der Waals surface area contributed by atoms with Crippen molar-refractivity contribution >= 4 is 22.8 Å². The Morgan fingerprint density at radius 1 is 1.28 bits per heavy atom. The van der Waals surface area contributed by atoms with Crippen molar-refractivity contribution in [1.29, 1.82) is 0 Å². The Balaban J connectivity index is 2.40. The van der Waals surface area contributed by atoms with Crippen molar-refractivity contribution in [3.8, 4) is 0 Å². The normalized spacial score (nSPS) is 13.6. The molecule has 0 radical (unpaired) electrons. The van der Waals surface area contributed by atoms with Crippen LogP contribution in [0.25, 0.3) is 11.0 Å². The Bertz CT molecular complexity index is 539. The standard InChI is InChI=1S/C12H20N6/c1-7(12(2,3)4)15-9-8-6-14-18-10(8)17-11(13-5)16-9/h6-7H,1-5H3,(H3,13,14,15,16,17,18). The summed E-state index contributed by atoms with van der Waals surface area (Å²) in [6.45, 7) is 8.72. The van der Waals surface area contributed by atoms with E-state index >= 15 is 0 Å². The van der Waals surface area contributed by atoms with Gasteiger partial charge in [0.1, 0.15) is 5.82 Å². The molecular weight excluding hydrogens is 228 g/mol. The SMILES string of the molecule is CNc1nc(NC(C)C(C)(C)C)c2cn[nH]c2n1. The lowest BCUT2D eigenvalue weighted by molar-refractivity contribution is 0.359. The van der Waals surface area contributed by atoms with E-state index in [1.807, 2.05) is 0 Å². The zero-order valence-corrected chi connectivity index (χ0v) is 11.5. The molecule has 18 heavy (non-hydrogen) atoms. The lowest BCUT2D eigenvalue weighted by Crippen LogP contribution is -2.31. The molecule has 6 heteroatoms. The van der Waals surface area contributed by atoms with Crippen LogP contribution in [0.1, 0.15) is 27.7 Å². The third-order valence-corrected chi connectivity index (χ3v) is 3.19. The number of hydrogen-bond acceptors (Lipinski definition) is 5. The first-order valence-corrected chi connectivity index (χ1v) is 6.07. The molecule has 0 fully saturated rings. The van der Waals surface area contributed by atoms with Crippen LogP contribution < -0.4 is 10.6 Å². The van der Waals surface area contributed by atoms with E-state index in [-0.39, 0.29) is 11.5 Å². The number of nitrogens with zero attached hydrogens (tertiary/aromatic N) is 3. The van der Waals surface area contributed by atoms with Gasteiger partial charge in [-0.1, -0.05) is 20.8 Å². The van der Waals surface area contributed by atoms with Gasteiger partial charge >= 0.3 is 0 Å². The third kappa shape index (κ3) is 2.37. The molecule has 2 heterocycles. The van der Waals surface area contributed by atoms with Gasteiger partial charge in [-0.15, -0.1) is 0 Å². The smallest absolute Gasteiger partial charge is 0.226 e. The average molecular weight is 248 g/mol. The first-order valence-electron chi connectivity index (χ1n) is 6.07. The Kier molecular flexibility index (Phi) is 3.11. The Hall–Kier alpha value is -1.85. The number of fused-ring (bicyclic) bond motifs is 1. The summed E-state index contributed by atoms with van der Waals surface area (Å²) < 4.78 is 0. The van der Waals surface area contributed by atoms with Crippen LogP contribution in [0.2, 0.25) is 0 Å². The van der Waals surface area contributed by atoms with Gasteiger partial charge in [0.15, 0.2) is 5.65 Å². The highest BCUT2D eigenvalue weighted by Crippen LogP contribution is 2.26. The number of hydrogen-bond donors (Lipinski definition) is 3. The molecule has 1 unspecified atom stereocenters. The maximum atomic E-state index is 4.45. The highest BCUT2D eigenvalue weighted by Gasteiger charge is 2.21. The summed E-state index contributed by atoms with van der Waals surface area (Å²) in [6.07, 6.45) is 1.74. The zero-order chi connectivity index (χ0) is 13.3. The largest absolute Gasteiger partial charge is 0.366 e. The van der Waals surface area contributed by atoms with Gasteiger partial charge in [-0.05, 0) is 12.3 Å². The molecule has 0 spiro atoms. The molecule has 2 rings (SSSR count). The van der Waals surface area contributed by atoms with E-state index in [1.54, 1.807) is 13.2 Å². The van der Waals surface area contributed by atoms with Crippen LogP contribution in [0.15, 0.2) is 6.20 Å². The molecule has 2 aromatic rings. The van der Waals surface area contributed by atoms with Crippen molar-refractivity contribution in [1.82, 2.24) is 20.2 Å². The topological polar surface area (TPSA) is 78.5 Å². The molecule has 0 amide bonds. The molecule has 3 N–H and O–H groups in total. The van der Waals surface area contributed by atoms with E-state index < -0.39 is 0 Å². The summed E-state index contributed by atoms with van der Waals surface area (Å²) in [4.78, 5) is 8.76. The summed E-state index contributed by atoms with van der Waals surface area (Å²) in [6, 6.07) is 0.287. The molecule has 0 aliphatic rings. The van der Waals surface area contributed by atoms with Crippen LogP contribution in [0.3, 0.4) is 0 Å². The van der Waals surface area contributed by atoms with E-state index in [9.17, 15) is 0 Å². The van der Waals surface area contributed by atoms with E-state index in [2.05, 4.69) is 58.5 Å². The van der Waals surface area contributed by atoms with Crippen LogP contribution >= 0.6 is 0 Å². The number of anilines is 2. The number of H-pyrrole nitrogens is 1. The van der Waals surface area contributed by atoms with Crippen LogP contribution in [-0.2, 0) is 0 Å². The molecule has 0 aliphatic carbocycles. The first kappa shape index (κ1) is 12.6. The molecule has 0 saturated heterocycles. The van der Waals surface area contributed by atoms with Crippen molar-refractivity contribution in [2.75, 3.05) is 17.7 Å². The molecule has 0 saturated carbocycles. The fraction of sp³-hybridized carbons (Fsp3) is 0.583. The number of aromatic amines is 1. The van der Waals surface area contributed by atoms with Crippen LogP contribution in [-0.4, -0.2) is 33.3 Å². The van der Waals surface area contributed by atoms with Crippen molar-refractivity contribution in [2.45, 2.75) is 33.7 Å². The van der Waals surface area contributed by atoms with E-state index in [0.717, 1.165) is 16.9 Å². The minimum absolute atomic E-state index is 0.154. The molecule has 1 atom stereocenters. The maximum absolute atomic E-state index is 4.45. The maximum Gasteiger partial charge on any atom is 0.226 e. The fourth-order valence-corrected chi connectivity index (χ4v) is 1.48. The lowest BCUT2D eigenvalue weighted by Gasteiger charge is -2.28. The quantitative estimate of drug-likeness (QED) is 0.776. The van der Waals surface area contributed by atoms with Gasteiger partial charge in [-0.3, -0.25) is 5.10 Å². The summed E-state index contributed by atoms with van der Waals surface area (Å²) in [5, 5.41) is 14.2. The van der Waals surface area contributed by atoms with Gasteiger partial charge in [-0.25, -0.2) is 0 Å². The predicted octanol–water partition coefficient (Wildman–Crippen LogP) is 2.24. The monoisotopic (exact) mass is 248 g/mol. The summed E-state index contributed by atoms with van der Waals surface area (Å²) in [5.74, 6) is 1.39. The number of rotatable bonds is 3. The summed E-state index contributed by atoms with van der Waals surface area (Å²) >= 11 is 0. The van der Waals surface area contributed by atoms with E-state index in [4.69, 9.17) is 0 Å². The Morgan fingerprint density at radius 3 is 2.61 bits per heavy atom. The molecule has 2 aromatic heterocycles. The minimum atomic E-state index is 0.154. The van der Waals surface area contributed by atoms with Crippen molar-refractivity contribution in [3.63, 3.8) is 0 Å². The second-order valence-corrected chi connectivity index (χ2v) is 5.51. The highest BCUT2D eigenvalue weighted by molar-refractivity contribution is 5.87. The summed E-state index contributed by atoms with van der Waals surface area (Å²) in [5.41, 5.74) is 0.888. The molecule has 6 nitrogen and oxygen atoms in total. The van der Waals surface area contributed by atoms with E-state index in [0.29, 0.717) is 5.95 Å². The van der Waals surface area contributed by atoms with Gasteiger partial charge in [0.2, 0.25) is 5.95 Å². The van der Waals surface area contributed by atoms with E-state index in [1.165, 1.54) is 0 Å². The van der Waals surface area contributed by atoms with Gasteiger partial charge in [0.25, 0.3) is 0 Å². The molecule has 98 valence electrons. The van der Waals surface area contributed by atoms with Crippen molar-refractivity contribution in [2.24, 2.45) is 5.41 Å². The Morgan fingerprint density at radius 2 is 2.00 bits per heavy atom. The summed E-state index contributed by atoms with van der Waals surface area (Å²) in [7, 11) is 1.80. The molecular formula is C12H20N6. The lowest BCUT2D eigenvalue weighted by atomic mass is 9.88. The van der Waals surface area contributed by atoms with Crippen LogP contribution in [0.5, 0.6) is 0 Å². The zero-order valence-electron chi connectivity index (χ0n) is 11.5. The van der Waals surface area contributed by atoms with Crippen LogP contribution in [0.4, 0.5) is 11.8 Å². The molecule has 0 aromatic carbocycles. The first-order chi connectivity index (χ1) is 8.41.